The van der Waals surface area contributed by atoms with E-state index < -0.39 is 51.2 Å². The van der Waals surface area contributed by atoms with Gasteiger partial charge >= 0.3 is 0 Å². The Labute approximate surface area is 200 Å². The Kier molecular flexibility index (Phi) is 6.86. The molecule has 1 saturated heterocycles. The van der Waals surface area contributed by atoms with Crippen molar-refractivity contribution in [3.05, 3.63) is 30.1 Å². The molecule has 0 radical (unpaired) electrons. The fourth-order valence-electron chi connectivity index (χ4n) is 4.92. The number of fused-ring (bicyclic) bond motifs is 1. The molecule has 1 aromatic carbocycles. The van der Waals surface area contributed by atoms with Crippen LogP contribution in [0.4, 0.5) is 4.39 Å². The minimum absolute atomic E-state index is 0.0758. The predicted octanol–water partition coefficient (Wildman–Crippen LogP) is 2.42. The maximum absolute atomic E-state index is 13.8. The van der Waals surface area contributed by atoms with Gasteiger partial charge < -0.3 is 10.2 Å². The van der Waals surface area contributed by atoms with Crippen LogP contribution in [0, 0.1) is 39.8 Å². The molecule has 2 amide bonds. The Morgan fingerprint density at radius 2 is 1.97 bits per heavy atom. The van der Waals surface area contributed by atoms with Crippen LogP contribution < -0.4 is 10.0 Å². The molecule has 186 valence electrons. The minimum atomic E-state index is -4.21. The second kappa shape index (κ2) is 8.93. The summed E-state index contributed by atoms with van der Waals surface area (Å²) >= 11 is 0. The molecule has 0 spiro atoms. The lowest BCUT2D eigenvalue weighted by molar-refractivity contribution is -0.143. The van der Waals surface area contributed by atoms with Crippen LogP contribution in [-0.4, -0.2) is 49.8 Å². The Morgan fingerprint density at radius 3 is 2.50 bits per heavy atom. The molecule has 1 heterocycles. The number of sulfonamides is 1. The van der Waals surface area contributed by atoms with Gasteiger partial charge in [0.15, 0.2) is 0 Å². The highest BCUT2D eigenvalue weighted by Gasteiger charge is 2.69. The van der Waals surface area contributed by atoms with Gasteiger partial charge in [0.2, 0.25) is 21.8 Å². The van der Waals surface area contributed by atoms with E-state index in [1.165, 1.54) is 17.0 Å². The van der Waals surface area contributed by atoms with Crippen LogP contribution >= 0.6 is 0 Å². The maximum atomic E-state index is 13.8. The van der Waals surface area contributed by atoms with Crippen molar-refractivity contribution >= 4 is 21.8 Å². The monoisotopic (exact) mass is 492 g/mol. The lowest BCUT2D eigenvalue weighted by atomic mass is 9.86. The van der Waals surface area contributed by atoms with Gasteiger partial charge in [-0.3, -0.25) is 9.59 Å². The van der Waals surface area contributed by atoms with Crippen LogP contribution in [0.2, 0.25) is 0 Å². The summed E-state index contributed by atoms with van der Waals surface area (Å²) in [7, 11) is -4.21. The van der Waals surface area contributed by atoms with Crippen LogP contribution in [0.3, 0.4) is 0 Å². The number of amides is 2. The largest absolute Gasteiger partial charge is 0.339 e. The van der Waals surface area contributed by atoms with E-state index in [0.717, 1.165) is 12.1 Å². The first-order valence-corrected chi connectivity index (χ1v) is 12.9. The van der Waals surface area contributed by atoms with Crippen molar-refractivity contribution in [2.45, 2.75) is 71.0 Å². The van der Waals surface area contributed by atoms with E-state index in [-0.39, 0.29) is 22.1 Å². The number of likely N-dealkylation sites (tertiary alicyclic amines) is 1. The van der Waals surface area contributed by atoms with Gasteiger partial charge in [-0.2, -0.15) is 9.98 Å². The summed E-state index contributed by atoms with van der Waals surface area (Å²) in [5, 5.41) is 12.0. The molecule has 1 aromatic rings. The van der Waals surface area contributed by atoms with E-state index in [2.05, 4.69) is 10.0 Å². The van der Waals surface area contributed by atoms with E-state index in [9.17, 15) is 27.7 Å². The van der Waals surface area contributed by atoms with Gasteiger partial charge in [0.1, 0.15) is 23.9 Å². The standard InChI is InChI=1S/C24H33FN4O4S/c1-7-15(12-26)27-21(30)19-18-17(24(18,5)6)13-29(19)22(31)20(23(2,3)4)28-34(32,33)16-10-8-9-14(25)11-16/h8-11,15,17-20,28H,7,13H2,1-6H3,(H,27,30)/t15-,17-,18-,19-,20+/m0/s1. The summed E-state index contributed by atoms with van der Waals surface area (Å²) in [6.07, 6.45) is 0.429. The highest BCUT2D eigenvalue weighted by atomic mass is 32.2. The molecule has 5 atom stereocenters. The number of nitriles is 1. The van der Waals surface area contributed by atoms with Crippen molar-refractivity contribution in [1.82, 2.24) is 14.9 Å². The smallest absolute Gasteiger partial charge is 0.244 e. The Morgan fingerprint density at radius 1 is 1.32 bits per heavy atom. The van der Waals surface area contributed by atoms with Crippen molar-refractivity contribution in [2.24, 2.45) is 22.7 Å². The molecule has 1 aliphatic heterocycles. The molecule has 0 unspecified atom stereocenters. The summed E-state index contributed by atoms with van der Waals surface area (Å²) in [6.45, 7) is 11.4. The summed E-state index contributed by atoms with van der Waals surface area (Å²) in [5.74, 6) is -1.59. The van der Waals surface area contributed by atoms with Gasteiger partial charge in [-0.05, 0) is 47.3 Å². The zero-order valence-electron chi connectivity index (χ0n) is 20.4. The maximum Gasteiger partial charge on any atom is 0.244 e. The van der Waals surface area contributed by atoms with Gasteiger partial charge in [0, 0.05) is 6.54 Å². The number of hydrogen-bond donors (Lipinski definition) is 2. The minimum Gasteiger partial charge on any atom is -0.339 e. The first-order chi connectivity index (χ1) is 15.6. The second-order valence-corrected chi connectivity index (χ2v) is 12.6. The summed E-state index contributed by atoms with van der Waals surface area (Å²) < 4.78 is 42.1. The number of rotatable bonds is 7. The fourth-order valence-corrected chi connectivity index (χ4v) is 6.34. The van der Waals surface area contributed by atoms with Crippen LogP contribution in [0.5, 0.6) is 0 Å². The molecule has 2 fully saturated rings. The molecule has 34 heavy (non-hydrogen) atoms. The second-order valence-electron chi connectivity index (χ2n) is 10.9. The fraction of sp³-hybridized carbons (Fsp3) is 0.625. The van der Waals surface area contributed by atoms with E-state index >= 15 is 0 Å². The molecule has 3 rings (SSSR count). The molecule has 2 N–H and O–H groups in total. The normalized spacial score (nSPS) is 25.1. The number of benzene rings is 1. The van der Waals surface area contributed by atoms with Gasteiger partial charge in [-0.15, -0.1) is 0 Å². The van der Waals surface area contributed by atoms with Crippen LogP contribution in [0.15, 0.2) is 29.2 Å². The molecule has 8 nitrogen and oxygen atoms in total. The van der Waals surface area contributed by atoms with E-state index in [4.69, 9.17) is 0 Å². The molecule has 10 heteroatoms. The molecular formula is C24H33FN4O4S. The predicted molar refractivity (Wildman–Crippen MR) is 124 cm³/mol. The number of halogens is 1. The highest BCUT2D eigenvalue weighted by Crippen LogP contribution is 2.65. The number of nitrogens with zero attached hydrogens (tertiary/aromatic N) is 2. The van der Waals surface area contributed by atoms with Crippen LogP contribution in [0.1, 0.15) is 48.0 Å². The molecule has 2 aliphatic rings. The van der Waals surface area contributed by atoms with Crippen LogP contribution in [0.25, 0.3) is 0 Å². The Bertz CT molecular complexity index is 1120. The molecule has 0 bridgehead atoms. The first-order valence-electron chi connectivity index (χ1n) is 11.4. The summed E-state index contributed by atoms with van der Waals surface area (Å²) in [5.41, 5.74) is -0.967. The van der Waals surface area contributed by atoms with Crippen molar-refractivity contribution in [3.8, 4) is 6.07 Å². The SMILES string of the molecule is CC[C@@H](C#N)NC(=O)[C@@H]1[C@@H]2[C@H](CN1C(=O)[C@@H](NS(=O)(=O)c1cccc(F)c1)C(C)(C)C)C2(C)C. The van der Waals surface area contributed by atoms with Crippen molar-refractivity contribution in [3.63, 3.8) is 0 Å². The third-order valence-corrected chi connectivity index (χ3v) is 8.55. The average Bonchev–Trinajstić information content (AvgIpc) is 3.09. The van der Waals surface area contributed by atoms with E-state index in [0.29, 0.717) is 13.0 Å². The van der Waals surface area contributed by atoms with E-state index in [1.807, 2.05) is 19.9 Å². The van der Waals surface area contributed by atoms with Gasteiger partial charge in [-0.1, -0.05) is 47.6 Å². The zero-order valence-corrected chi connectivity index (χ0v) is 21.2. The Balaban J connectivity index is 1.91. The Hall–Kier alpha value is -2.51. The number of piperidine rings is 1. The first kappa shape index (κ1) is 26.1. The van der Waals surface area contributed by atoms with E-state index in [1.54, 1.807) is 27.7 Å². The third-order valence-electron chi connectivity index (χ3n) is 7.13. The zero-order chi connectivity index (χ0) is 25.6. The summed E-state index contributed by atoms with van der Waals surface area (Å²) in [6, 6.07) is 3.96. The third kappa shape index (κ3) is 4.82. The molecular weight excluding hydrogens is 459 g/mol. The van der Waals surface area contributed by atoms with Crippen LogP contribution in [-0.2, 0) is 19.6 Å². The van der Waals surface area contributed by atoms with Gasteiger partial charge in [0.25, 0.3) is 0 Å². The van der Waals surface area contributed by atoms with Crippen molar-refractivity contribution < 1.29 is 22.4 Å². The quantitative estimate of drug-likeness (QED) is 0.606. The topological polar surface area (TPSA) is 119 Å². The highest BCUT2D eigenvalue weighted by molar-refractivity contribution is 7.89. The molecule has 0 aromatic heterocycles. The van der Waals surface area contributed by atoms with Gasteiger partial charge in [-0.25, -0.2) is 12.8 Å². The lowest BCUT2D eigenvalue weighted by Gasteiger charge is -2.37. The number of hydrogen-bond acceptors (Lipinski definition) is 5. The lowest BCUT2D eigenvalue weighted by Crippen LogP contribution is -2.59. The number of carbonyl (C=O) groups is 2. The molecule has 1 aliphatic carbocycles. The molecule has 1 saturated carbocycles. The van der Waals surface area contributed by atoms with Gasteiger partial charge in [0.05, 0.1) is 11.0 Å². The number of nitrogens with one attached hydrogen (secondary N) is 2. The van der Waals surface area contributed by atoms with Crippen molar-refractivity contribution in [2.75, 3.05) is 6.54 Å². The van der Waals surface area contributed by atoms with Crippen molar-refractivity contribution in [1.29, 1.82) is 5.26 Å². The average molecular weight is 493 g/mol. The summed E-state index contributed by atoms with van der Waals surface area (Å²) in [4.78, 5) is 28.1. The number of carbonyl (C=O) groups excluding carboxylic acids is 2.